The molecule has 0 bridgehead atoms. The Morgan fingerprint density at radius 1 is 1.00 bits per heavy atom. The van der Waals surface area contributed by atoms with E-state index in [-0.39, 0.29) is 12.6 Å². The van der Waals surface area contributed by atoms with Crippen LogP contribution in [0.3, 0.4) is 0 Å². The summed E-state index contributed by atoms with van der Waals surface area (Å²) in [5.74, 6) is 0.673. The minimum atomic E-state index is -0.966. The summed E-state index contributed by atoms with van der Waals surface area (Å²) in [6.07, 6.45) is -0.0678. The van der Waals surface area contributed by atoms with Crippen LogP contribution in [-0.4, -0.2) is 35.3 Å². The monoisotopic (exact) mass is 475 g/mol. The average molecular weight is 477 g/mol. The smallest absolute Gasteiger partial charge is 0.407 e. The van der Waals surface area contributed by atoms with Crippen LogP contribution < -0.4 is 4.74 Å². The van der Waals surface area contributed by atoms with E-state index in [0.717, 1.165) is 22.3 Å². The molecule has 4 nitrogen and oxygen atoms in total. The fourth-order valence-electron chi connectivity index (χ4n) is 3.82. The SMILES string of the molecule is O=C(O)N(CCc1ccccc1)CC1Cc2cc(Cl)cc(-c3cc(Cl)ccc3Cl)c2O1. The molecule has 160 valence electrons. The fourth-order valence-corrected chi connectivity index (χ4v) is 4.45. The first kappa shape index (κ1) is 21.8. The molecule has 0 aromatic heterocycles. The number of rotatable bonds is 6. The van der Waals surface area contributed by atoms with Gasteiger partial charge in [-0.25, -0.2) is 4.79 Å². The van der Waals surface area contributed by atoms with Crippen LogP contribution in [0.15, 0.2) is 60.7 Å². The van der Waals surface area contributed by atoms with Crippen molar-refractivity contribution < 1.29 is 14.6 Å². The lowest BCUT2D eigenvalue weighted by molar-refractivity contribution is 0.117. The van der Waals surface area contributed by atoms with E-state index in [1.54, 1.807) is 24.3 Å². The van der Waals surface area contributed by atoms with Crippen LogP contribution in [0.5, 0.6) is 5.75 Å². The molecule has 0 radical (unpaired) electrons. The number of nitrogens with zero attached hydrogens (tertiary/aromatic N) is 1. The Bertz CT molecular complexity index is 1100. The van der Waals surface area contributed by atoms with Gasteiger partial charge in [-0.2, -0.15) is 0 Å². The van der Waals surface area contributed by atoms with Gasteiger partial charge in [0.1, 0.15) is 11.9 Å². The normalized spacial score (nSPS) is 14.7. The lowest BCUT2D eigenvalue weighted by Gasteiger charge is -2.23. The van der Waals surface area contributed by atoms with Crippen LogP contribution in [-0.2, 0) is 12.8 Å². The van der Waals surface area contributed by atoms with E-state index in [2.05, 4.69) is 0 Å². The molecule has 1 aliphatic heterocycles. The molecule has 1 amide bonds. The van der Waals surface area contributed by atoms with Crippen molar-refractivity contribution in [3.63, 3.8) is 0 Å². The first-order valence-corrected chi connectivity index (χ1v) is 11.0. The minimum absolute atomic E-state index is 0.261. The second kappa shape index (κ2) is 9.39. The van der Waals surface area contributed by atoms with Gasteiger partial charge in [-0.3, -0.25) is 0 Å². The first-order valence-electron chi connectivity index (χ1n) is 9.87. The molecule has 3 aromatic rings. The third-order valence-electron chi connectivity index (χ3n) is 5.29. The van der Waals surface area contributed by atoms with Crippen molar-refractivity contribution in [2.75, 3.05) is 13.1 Å². The Hall–Kier alpha value is -2.40. The standard InChI is InChI=1S/C24H20Cl3NO3/c25-17-6-7-22(27)20(12-17)21-13-18(26)10-16-11-19(31-23(16)21)14-28(24(29)30)9-8-15-4-2-1-3-5-15/h1-7,10,12-13,19H,8-9,11,14H2,(H,29,30). The Labute approximate surface area is 195 Å². The van der Waals surface area contributed by atoms with E-state index < -0.39 is 6.09 Å². The third kappa shape index (κ3) is 5.09. The summed E-state index contributed by atoms with van der Waals surface area (Å²) in [6.45, 7) is 0.653. The molecule has 3 aromatic carbocycles. The zero-order chi connectivity index (χ0) is 22.0. The number of benzene rings is 3. The van der Waals surface area contributed by atoms with Crippen LogP contribution in [0, 0.1) is 0 Å². The van der Waals surface area contributed by atoms with Gasteiger partial charge < -0.3 is 14.7 Å². The number of hydrogen-bond donors (Lipinski definition) is 1. The van der Waals surface area contributed by atoms with Gasteiger partial charge in [-0.1, -0.05) is 65.1 Å². The van der Waals surface area contributed by atoms with Crippen molar-refractivity contribution in [3.05, 3.63) is 86.9 Å². The predicted octanol–water partition coefficient (Wildman–Crippen LogP) is 6.84. The van der Waals surface area contributed by atoms with Crippen LogP contribution in [0.4, 0.5) is 4.79 Å². The van der Waals surface area contributed by atoms with Gasteiger partial charge in [-0.15, -0.1) is 0 Å². The molecule has 7 heteroatoms. The minimum Gasteiger partial charge on any atom is -0.487 e. The van der Waals surface area contributed by atoms with Crippen LogP contribution >= 0.6 is 34.8 Å². The number of carboxylic acid groups (broad SMARTS) is 1. The van der Waals surface area contributed by atoms with Crippen molar-refractivity contribution in [2.24, 2.45) is 0 Å². The van der Waals surface area contributed by atoms with E-state index >= 15 is 0 Å². The molecule has 1 unspecified atom stereocenters. The molecule has 4 rings (SSSR count). The van der Waals surface area contributed by atoms with E-state index in [1.807, 2.05) is 36.4 Å². The zero-order valence-corrected chi connectivity index (χ0v) is 18.8. The van der Waals surface area contributed by atoms with Crippen molar-refractivity contribution in [1.82, 2.24) is 4.90 Å². The number of carbonyl (C=O) groups is 1. The Morgan fingerprint density at radius 2 is 1.74 bits per heavy atom. The molecule has 0 fully saturated rings. The summed E-state index contributed by atoms with van der Waals surface area (Å²) in [6, 6.07) is 18.7. The van der Waals surface area contributed by atoms with Crippen molar-refractivity contribution in [1.29, 1.82) is 0 Å². The van der Waals surface area contributed by atoms with Gasteiger partial charge >= 0.3 is 6.09 Å². The molecule has 0 aliphatic carbocycles. The number of fused-ring (bicyclic) bond motifs is 1. The maximum atomic E-state index is 11.8. The highest BCUT2D eigenvalue weighted by molar-refractivity contribution is 6.35. The second-order valence-corrected chi connectivity index (χ2v) is 8.75. The van der Waals surface area contributed by atoms with E-state index in [9.17, 15) is 9.90 Å². The first-order chi connectivity index (χ1) is 14.9. The lowest BCUT2D eigenvalue weighted by Crippen LogP contribution is -2.39. The molecule has 0 saturated carbocycles. The summed E-state index contributed by atoms with van der Waals surface area (Å²) >= 11 is 18.9. The predicted molar refractivity (Wildman–Crippen MR) is 125 cm³/mol. The highest BCUT2D eigenvalue weighted by Gasteiger charge is 2.30. The molecule has 0 spiro atoms. The van der Waals surface area contributed by atoms with Crippen molar-refractivity contribution in [3.8, 4) is 16.9 Å². The second-order valence-electron chi connectivity index (χ2n) is 7.47. The number of ether oxygens (including phenoxy) is 1. The van der Waals surface area contributed by atoms with E-state index in [1.165, 1.54) is 4.90 Å². The van der Waals surface area contributed by atoms with Crippen LogP contribution in [0.1, 0.15) is 11.1 Å². The third-order valence-corrected chi connectivity index (χ3v) is 6.07. The van der Waals surface area contributed by atoms with Gasteiger partial charge in [0.2, 0.25) is 0 Å². The Kier molecular flexibility index (Phi) is 6.61. The fraction of sp³-hybridized carbons (Fsp3) is 0.208. The average Bonchev–Trinajstić information content (AvgIpc) is 3.15. The highest BCUT2D eigenvalue weighted by atomic mass is 35.5. The molecule has 31 heavy (non-hydrogen) atoms. The van der Waals surface area contributed by atoms with E-state index in [0.29, 0.717) is 40.2 Å². The maximum absolute atomic E-state index is 11.8. The molecule has 1 heterocycles. The molecule has 0 saturated heterocycles. The van der Waals surface area contributed by atoms with Gasteiger partial charge in [0.25, 0.3) is 0 Å². The molecular weight excluding hydrogens is 457 g/mol. The largest absolute Gasteiger partial charge is 0.487 e. The van der Waals surface area contributed by atoms with E-state index in [4.69, 9.17) is 39.5 Å². The molecule has 1 aliphatic rings. The van der Waals surface area contributed by atoms with Crippen LogP contribution in [0.25, 0.3) is 11.1 Å². The maximum Gasteiger partial charge on any atom is 0.407 e. The Balaban J connectivity index is 1.53. The summed E-state index contributed by atoms with van der Waals surface area (Å²) < 4.78 is 6.21. The van der Waals surface area contributed by atoms with Crippen molar-refractivity contribution >= 4 is 40.9 Å². The number of hydrogen-bond acceptors (Lipinski definition) is 2. The summed E-state index contributed by atoms with van der Waals surface area (Å²) in [5, 5.41) is 11.3. The van der Waals surface area contributed by atoms with Gasteiger partial charge in [0.05, 0.1) is 6.54 Å². The topological polar surface area (TPSA) is 49.8 Å². The van der Waals surface area contributed by atoms with Gasteiger partial charge in [-0.05, 0) is 42.3 Å². The zero-order valence-electron chi connectivity index (χ0n) is 16.5. The highest BCUT2D eigenvalue weighted by Crippen LogP contribution is 2.44. The van der Waals surface area contributed by atoms with Crippen LogP contribution in [0.2, 0.25) is 15.1 Å². The number of halogens is 3. The summed E-state index contributed by atoms with van der Waals surface area (Å²) in [7, 11) is 0. The molecular formula is C24H20Cl3NO3. The van der Waals surface area contributed by atoms with Gasteiger partial charge in [0.15, 0.2) is 0 Å². The lowest BCUT2D eigenvalue weighted by atomic mass is 10.0. The quantitative estimate of drug-likeness (QED) is 0.424. The molecule has 1 atom stereocenters. The van der Waals surface area contributed by atoms with Gasteiger partial charge in [0, 0.05) is 44.7 Å². The Morgan fingerprint density at radius 3 is 2.48 bits per heavy atom. The summed E-state index contributed by atoms with van der Waals surface area (Å²) in [4.78, 5) is 13.2. The van der Waals surface area contributed by atoms with Crippen molar-refractivity contribution in [2.45, 2.75) is 18.9 Å². The molecule has 1 N–H and O–H groups in total. The summed E-state index contributed by atoms with van der Waals surface area (Å²) in [5.41, 5.74) is 3.50. The number of amides is 1.